The first-order chi connectivity index (χ1) is 9.98. The van der Waals surface area contributed by atoms with Gasteiger partial charge >= 0.3 is 5.97 Å². The molecule has 1 atom stereocenters. The van der Waals surface area contributed by atoms with Gasteiger partial charge in [0.05, 0.1) is 10.8 Å². The maximum atomic E-state index is 12.0. The number of amides is 1. The molecule has 1 aromatic heterocycles. The van der Waals surface area contributed by atoms with Crippen molar-refractivity contribution >= 4 is 34.0 Å². The summed E-state index contributed by atoms with van der Waals surface area (Å²) >= 11 is 0.938. The first-order valence-electron chi connectivity index (χ1n) is 6.73. The van der Waals surface area contributed by atoms with Gasteiger partial charge in [-0.3, -0.25) is 9.00 Å². The molecule has 2 rings (SSSR count). The first kappa shape index (κ1) is 16.0. The zero-order chi connectivity index (χ0) is 15.5. The van der Waals surface area contributed by atoms with Crippen LogP contribution in [0, 0.1) is 0 Å². The molecular weight excluding hydrogens is 314 g/mol. The van der Waals surface area contributed by atoms with Crippen LogP contribution in [0.4, 0.5) is 0 Å². The summed E-state index contributed by atoms with van der Waals surface area (Å²) in [6.07, 6.45) is 3.75. The van der Waals surface area contributed by atoms with Gasteiger partial charge in [-0.1, -0.05) is 31.1 Å². The van der Waals surface area contributed by atoms with E-state index in [0.29, 0.717) is 22.9 Å². The van der Waals surface area contributed by atoms with Gasteiger partial charge in [-0.2, -0.15) is 0 Å². The SMILES string of the molecule is CCCCCS(=O)c1nnc(C(=O)OC2(C(N)=O)CC2)s1. The minimum absolute atomic E-state index is 0.00127. The molecule has 0 spiro atoms. The Labute approximate surface area is 128 Å². The number of rotatable bonds is 8. The van der Waals surface area contributed by atoms with Gasteiger partial charge in [-0.15, -0.1) is 10.2 Å². The van der Waals surface area contributed by atoms with Crippen LogP contribution >= 0.6 is 11.3 Å². The molecule has 0 saturated heterocycles. The summed E-state index contributed by atoms with van der Waals surface area (Å²) in [7, 11) is -1.25. The summed E-state index contributed by atoms with van der Waals surface area (Å²) in [6.45, 7) is 2.06. The lowest BCUT2D eigenvalue weighted by molar-refractivity contribution is -0.128. The number of primary amides is 1. The number of ether oxygens (including phenoxy) is 1. The molecule has 1 aromatic rings. The van der Waals surface area contributed by atoms with E-state index >= 15 is 0 Å². The van der Waals surface area contributed by atoms with Gasteiger partial charge in [0.2, 0.25) is 9.35 Å². The fraction of sp³-hybridized carbons (Fsp3) is 0.667. The minimum Gasteiger partial charge on any atom is -0.444 e. The van der Waals surface area contributed by atoms with Crippen LogP contribution in [0.3, 0.4) is 0 Å². The van der Waals surface area contributed by atoms with Crippen LogP contribution in [0.25, 0.3) is 0 Å². The number of nitrogens with zero attached hydrogens (tertiary/aromatic N) is 2. The van der Waals surface area contributed by atoms with Crippen LogP contribution in [-0.4, -0.2) is 37.6 Å². The quantitative estimate of drug-likeness (QED) is 0.562. The van der Waals surface area contributed by atoms with Crippen molar-refractivity contribution in [2.75, 3.05) is 5.75 Å². The van der Waals surface area contributed by atoms with Gasteiger partial charge in [-0.25, -0.2) is 4.79 Å². The number of unbranched alkanes of at least 4 members (excludes halogenated alkanes) is 2. The van der Waals surface area contributed by atoms with Crippen molar-refractivity contribution < 1.29 is 18.5 Å². The second kappa shape index (κ2) is 6.61. The number of aromatic nitrogens is 2. The molecule has 9 heteroatoms. The van der Waals surface area contributed by atoms with Crippen molar-refractivity contribution in [3.63, 3.8) is 0 Å². The van der Waals surface area contributed by atoms with E-state index in [2.05, 4.69) is 17.1 Å². The average molecular weight is 331 g/mol. The van der Waals surface area contributed by atoms with Crippen molar-refractivity contribution in [2.45, 2.75) is 49.0 Å². The van der Waals surface area contributed by atoms with E-state index in [-0.39, 0.29) is 5.01 Å². The molecule has 7 nitrogen and oxygen atoms in total. The molecule has 1 heterocycles. The fourth-order valence-corrected chi connectivity index (χ4v) is 3.77. The number of carbonyl (C=O) groups excluding carboxylic acids is 2. The van der Waals surface area contributed by atoms with E-state index in [0.717, 1.165) is 30.6 Å². The average Bonchev–Trinajstić information content (AvgIpc) is 3.05. The van der Waals surface area contributed by atoms with Crippen LogP contribution in [0.15, 0.2) is 4.34 Å². The predicted octanol–water partition coefficient (Wildman–Crippen LogP) is 1.01. The summed E-state index contributed by atoms with van der Waals surface area (Å²) in [4.78, 5) is 23.1. The van der Waals surface area contributed by atoms with Gasteiger partial charge in [0.15, 0.2) is 5.60 Å². The Morgan fingerprint density at radius 1 is 1.38 bits per heavy atom. The summed E-state index contributed by atoms with van der Waals surface area (Å²) in [5, 5.41) is 7.45. The molecular formula is C12H17N3O4S2. The van der Waals surface area contributed by atoms with Crippen LogP contribution in [0.2, 0.25) is 0 Å². The third-order valence-electron chi connectivity index (χ3n) is 3.15. The lowest BCUT2D eigenvalue weighted by atomic mass is 10.3. The topological polar surface area (TPSA) is 112 Å². The molecule has 21 heavy (non-hydrogen) atoms. The summed E-state index contributed by atoms with van der Waals surface area (Å²) < 4.78 is 17.3. The molecule has 1 saturated carbocycles. The molecule has 0 aliphatic heterocycles. The Kier molecular flexibility index (Phi) is 5.04. The number of carbonyl (C=O) groups is 2. The van der Waals surface area contributed by atoms with Gasteiger partial charge in [0.25, 0.3) is 5.91 Å². The second-order valence-electron chi connectivity index (χ2n) is 4.88. The molecule has 1 fully saturated rings. The largest absolute Gasteiger partial charge is 0.444 e. The highest BCUT2D eigenvalue weighted by Gasteiger charge is 2.53. The van der Waals surface area contributed by atoms with Crippen molar-refractivity contribution in [3.05, 3.63) is 5.01 Å². The highest BCUT2D eigenvalue weighted by atomic mass is 32.2. The zero-order valence-corrected chi connectivity index (χ0v) is 13.3. The van der Waals surface area contributed by atoms with E-state index < -0.39 is 28.3 Å². The maximum absolute atomic E-state index is 12.0. The molecule has 0 aromatic carbocycles. The molecule has 0 bridgehead atoms. The number of nitrogens with two attached hydrogens (primary N) is 1. The third kappa shape index (κ3) is 3.85. The second-order valence-corrected chi connectivity index (χ2v) is 7.60. The van der Waals surface area contributed by atoms with Gasteiger partial charge in [-0.05, 0) is 6.42 Å². The lowest BCUT2D eigenvalue weighted by Crippen LogP contribution is -2.35. The monoisotopic (exact) mass is 331 g/mol. The standard InChI is InChI=1S/C12H17N3O4S2/c1-2-3-4-7-21(18)11-15-14-8(20-11)9(16)19-12(5-6-12)10(13)17/h2-7H2,1H3,(H2,13,17). The van der Waals surface area contributed by atoms with Crippen LogP contribution < -0.4 is 5.73 Å². The van der Waals surface area contributed by atoms with Gasteiger partial charge < -0.3 is 10.5 Å². The van der Waals surface area contributed by atoms with E-state index in [4.69, 9.17) is 10.5 Å². The molecule has 0 radical (unpaired) electrons. The molecule has 1 amide bonds. The van der Waals surface area contributed by atoms with Crippen LogP contribution in [0.5, 0.6) is 0 Å². The van der Waals surface area contributed by atoms with E-state index in [1.807, 2.05) is 0 Å². The maximum Gasteiger partial charge on any atom is 0.370 e. The Morgan fingerprint density at radius 2 is 2.10 bits per heavy atom. The molecule has 1 aliphatic rings. The highest BCUT2D eigenvalue weighted by molar-refractivity contribution is 7.87. The van der Waals surface area contributed by atoms with Crippen molar-refractivity contribution in [3.8, 4) is 0 Å². The van der Waals surface area contributed by atoms with Crippen molar-refractivity contribution in [1.29, 1.82) is 0 Å². The normalized spacial score (nSPS) is 17.2. The van der Waals surface area contributed by atoms with E-state index in [1.165, 1.54) is 0 Å². The fourth-order valence-electron chi connectivity index (χ4n) is 1.69. The van der Waals surface area contributed by atoms with Crippen molar-refractivity contribution in [1.82, 2.24) is 10.2 Å². The smallest absolute Gasteiger partial charge is 0.370 e. The summed E-state index contributed by atoms with van der Waals surface area (Å²) in [5.41, 5.74) is 4.01. The third-order valence-corrected chi connectivity index (χ3v) is 5.79. The number of hydrogen-bond donors (Lipinski definition) is 1. The number of hydrogen-bond acceptors (Lipinski definition) is 7. The van der Waals surface area contributed by atoms with E-state index in [1.54, 1.807) is 0 Å². The Bertz CT molecular complexity index is 569. The minimum atomic E-state index is -1.25. The van der Waals surface area contributed by atoms with Gasteiger partial charge in [0, 0.05) is 18.6 Å². The Balaban J connectivity index is 1.95. The zero-order valence-electron chi connectivity index (χ0n) is 11.7. The van der Waals surface area contributed by atoms with Crippen LogP contribution in [0.1, 0.15) is 48.8 Å². The van der Waals surface area contributed by atoms with Gasteiger partial charge in [0.1, 0.15) is 0 Å². The van der Waals surface area contributed by atoms with Crippen molar-refractivity contribution in [2.24, 2.45) is 5.73 Å². The first-order valence-corrected chi connectivity index (χ1v) is 8.87. The molecule has 2 N–H and O–H groups in total. The Morgan fingerprint density at radius 3 is 2.67 bits per heavy atom. The number of esters is 1. The van der Waals surface area contributed by atoms with E-state index in [9.17, 15) is 13.8 Å². The molecule has 1 aliphatic carbocycles. The summed E-state index contributed by atoms with van der Waals surface area (Å²) in [5.74, 6) is -0.882. The highest BCUT2D eigenvalue weighted by Crippen LogP contribution is 2.40. The lowest BCUT2D eigenvalue weighted by Gasteiger charge is -2.10. The molecule has 116 valence electrons. The molecule has 1 unspecified atom stereocenters. The Hall–Kier alpha value is -1.35. The summed E-state index contributed by atoms with van der Waals surface area (Å²) in [6, 6.07) is 0. The predicted molar refractivity (Wildman–Crippen MR) is 77.3 cm³/mol. The van der Waals surface area contributed by atoms with Crippen LogP contribution in [-0.2, 0) is 20.3 Å².